The number of nitrogens with two attached hydrogens (primary N) is 1. The van der Waals surface area contributed by atoms with Crippen LogP contribution in [-0.2, 0) is 0 Å². The minimum Gasteiger partial charge on any atom is -0.493 e. The van der Waals surface area contributed by atoms with Crippen molar-refractivity contribution in [3.8, 4) is 5.75 Å². The van der Waals surface area contributed by atoms with E-state index in [1.54, 1.807) is 13.0 Å². The van der Waals surface area contributed by atoms with Crippen LogP contribution in [-0.4, -0.2) is 13.2 Å². The van der Waals surface area contributed by atoms with Gasteiger partial charge in [-0.2, -0.15) is 0 Å². The van der Waals surface area contributed by atoms with E-state index in [1.165, 1.54) is 6.07 Å². The summed E-state index contributed by atoms with van der Waals surface area (Å²) in [5.74, 6) is 1.13. The molecule has 0 bridgehead atoms. The fourth-order valence-corrected chi connectivity index (χ4v) is 1.10. The summed E-state index contributed by atoms with van der Waals surface area (Å²) in [6.45, 7) is 2.97. The highest BCUT2D eigenvalue weighted by atomic mass is 35.5. The van der Waals surface area contributed by atoms with Crippen molar-refractivity contribution in [3.05, 3.63) is 28.3 Å². The van der Waals surface area contributed by atoms with Crippen LogP contribution in [0.15, 0.2) is 21.3 Å². The van der Waals surface area contributed by atoms with E-state index in [4.69, 9.17) is 14.9 Å². The van der Waals surface area contributed by atoms with Gasteiger partial charge in [0.25, 0.3) is 0 Å². The molecule has 0 fully saturated rings. The topological polar surface area (TPSA) is 65.5 Å². The third-order valence-corrected chi connectivity index (χ3v) is 1.73. The molecule has 0 saturated heterocycles. The fourth-order valence-electron chi connectivity index (χ4n) is 1.10. The maximum Gasteiger partial charge on any atom is 0.339 e. The van der Waals surface area contributed by atoms with Gasteiger partial charge in [0.05, 0.1) is 12.7 Å². The molecule has 4 nitrogen and oxygen atoms in total. The number of halogens is 1. The highest BCUT2D eigenvalue weighted by molar-refractivity contribution is 5.85. The summed E-state index contributed by atoms with van der Waals surface area (Å²) < 4.78 is 10.1. The molecule has 0 unspecified atom stereocenters. The van der Waals surface area contributed by atoms with Gasteiger partial charge in [0.15, 0.2) is 0 Å². The van der Waals surface area contributed by atoms with Gasteiger partial charge in [-0.3, -0.25) is 0 Å². The molecule has 86 valence electrons. The van der Waals surface area contributed by atoms with E-state index < -0.39 is 0 Å². The first-order chi connectivity index (χ1) is 6.72. The predicted octanol–water partition coefficient (Wildman–Crippen LogP) is 1.49. The number of rotatable bonds is 5. The van der Waals surface area contributed by atoms with E-state index in [1.807, 2.05) is 0 Å². The summed E-state index contributed by atoms with van der Waals surface area (Å²) in [5.41, 5.74) is 4.96. The molecule has 0 spiro atoms. The SMILES string of the molecule is Cc1cc(OCCCCN)cc(=O)o1.Cl. The zero-order chi connectivity index (χ0) is 10.4. The molecule has 0 aromatic carbocycles. The zero-order valence-electron chi connectivity index (χ0n) is 8.69. The van der Waals surface area contributed by atoms with E-state index in [9.17, 15) is 4.79 Å². The third kappa shape index (κ3) is 5.44. The van der Waals surface area contributed by atoms with Crippen LogP contribution < -0.4 is 16.1 Å². The van der Waals surface area contributed by atoms with Gasteiger partial charge in [0.2, 0.25) is 0 Å². The molecular weight excluding hydrogens is 218 g/mol. The predicted molar refractivity (Wildman–Crippen MR) is 60.7 cm³/mol. The number of hydrogen-bond donors (Lipinski definition) is 1. The Morgan fingerprint density at radius 3 is 2.73 bits per heavy atom. The second-order valence-corrected chi connectivity index (χ2v) is 3.07. The van der Waals surface area contributed by atoms with Crippen LogP contribution in [0, 0.1) is 6.92 Å². The average Bonchev–Trinajstić information content (AvgIpc) is 2.11. The summed E-state index contributed by atoms with van der Waals surface area (Å²) in [6, 6.07) is 3.04. The van der Waals surface area contributed by atoms with Gasteiger partial charge in [0, 0.05) is 6.07 Å². The first-order valence-electron chi connectivity index (χ1n) is 4.67. The lowest BCUT2D eigenvalue weighted by Crippen LogP contribution is -2.05. The lowest BCUT2D eigenvalue weighted by molar-refractivity contribution is 0.302. The van der Waals surface area contributed by atoms with Crippen molar-refractivity contribution in [2.24, 2.45) is 5.73 Å². The highest BCUT2D eigenvalue weighted by Crippen LogP contribution is 2.09. The molecule has 0 amide bonds. The van der Waals surface area contributed by atoms with Crippen molar-refractivity contribution in [1.29, 1.82) is 0 Å². The standard InChI is InChI=1S/C10H15NO3.ClH/c1-8-6-9(7-10(12)14-8)13-5-3-2-4-11;/h6-7H,2-5,11H2,1H3;1H. The molecule has 1 heterocycles. The summed E-state index contributed by atoms with van der Waals surface area (Å²) in [5, 5.41) is 0. The van der Waals surface area contributed by atoms with Crippen LogP contribution >= 0.6 is 12.4 Å². The summed E-state index contributed by atoms with van der Waals surface area (Å²) >= 11 is 0. The van der Waals surface area contributed by atoms with Crippen molar-refractivity contribution in [3.63, 3.8) is 0 Å². The van der Waals surface area contributed by atoms with Crippen molar-refractivity contribution in [1.82, 2.24) is 0 Å². The van der Waals surface area contributed by atoms with Crippen molar-refractivity contribution >= 4 is 12.4 Å². The van der Waals surface area contributed by atoms with Gasteiger partial charge in [0.1, 0.15) is 11.5 Å². The number of hydrogen-bond acceptors (Lipinski definition) is 4. The van der Waals surface area contributed by atoms with Gasteiger partial charge in [-0.25, -0.2) is 4.79 Å². The quantitative estimate of drug-likeness (QED) is 0.783. The first-order valence-corrected chi connectivity index (χ1v) is 4.67. The molecule has 0 aliphatic carbocycles. The second-order valence-electron chi connectivity index (χ2n) is 3.07. The largest absolute Gasteiger partial charge is 0.493 e. The molecule has 0 atom stereocenters. The Balaban J connectivity index is 0.00000196. The minimum absolute atomic E-state index is 0. The Labute approximate surface area is 94.8 Å². The molecule has 1 aromatic heterocycles. The highest BCUT2D eigenvalue weighted by Gasteiger charge is 1.98. The van der Waals surface area contributed by atoms with Crippen LogP contribution in [0.2, 0.25) is 0 Å². The molecule has 0 saturated carbocycles. The Morgan fingerprint density at radius 2 is 2.13 bits per heavy atom. The van der Waals surface area contributed by atoms with E-state index in [0.29, 0.717) is 24.7 Å². The maximum atomic E-state index is 10.9. The van der Waals surface area contributed by atoms with Crippen LogP contribution in [0.4, 0.5) is 0 Å². The molecule has 1 rings (SSSR count). The molecule has 0 radical (unpaired) electrons. The maximum absolute atomic E-state index is 10.9. The van der Waals surface area contributed by atoms with Crippen LogP contribution in [0.1, 0.15) is 18.6 Å². The van der Waals surface area contributed by atoms with Gasteiger partial charge in [-0.15, -0.1) is 12.4 Å². The Bertz CT molecular complexity index is 338. The lowest BCUT2D eigenvalue weighted by Gasteiger charge is -2.04. The van der Waals surface area contributed by atoms with E-state index in [-0.39, 0.29) is 18.0 Å². The lowest BCUT2D eigenvalue weighted by atomic mass is 10.3. The molecule has 5 heteroatoms. The zero-order valence-corrected chi connectivity index (χ0v) is 9.51. The molecule has 0 aliphatic heterocycles. The van der Waals surface area contributed by atoms with Gasteiger partial charge < -0.3 is 14.9 Å². The number of ether oxygens (including phenoxy) is 1. The summed E-state index contributed by atoms with van der Waals surface area (Å²) in [7, 11) is 0. The van der Waals surface area contributed by atoms with Crippen LogP contribution in [0.5, 0.6) is 5.75 Å². The van der Waals surface area contributed by atoms with Gasteiger partial charge >= 0.3 is 5.63 Å². The second kappa shape index (κ2) is 7.31. The number of aryl methyl sites for hydroxylation is 1. The van der Waals surface area contributed by atoms with E-state index in [0.717, 1.165) is 12.8 Å². The first kappa shape index (κ1) is 14.0. The monoisotopic (exact) mass is 233 g/mol. The summed E-state index contributed by atoms with van der Waals surface area (Å²) in [6.07, 6.45) is 1.83. The molecular formula is C10H16ClNO3. The minimum atomic E-state index is -0.376. The third-order valence-electron chi connectivity index (χ3n) is 1.73. The molecule has 2 N–H and O–H groups in total. The normalized spacial score (nSPS) is 9.47. The van der Waals surface area contributed by atoms with Crippen molar-refractivity contribution < 1.29 is 9.15 Å². The van der Waals surface area contributed by atoms with Gasteiger partial charge in [-0.05, 0) is 26.3 Å². The Hall–Kier alpha value is -1.00. The average molecular weight is 234 g/mol. The van der Waals surface area contributed by atoms with Crippen LogP contribution in [0.3, 0.4) is 0 Å². The summed E-state index contributed by atoms with van der Waals surface area (Å²) in [4.78, 5) is 10.9. The fraction of sp³-hybridized carbons (Fsp3) is 0.500. The Morgan fingerprint density at radius 1 is 1.40 bits per heavy atom. The molecule has 0 aliphatic rings. The van der Waals surface area contributed by atoms with E-state index in [2.05, 4.69) is 0 Å². The smallest absolute Gasteiger partial charge is 0.339 e. The Kier molecular flexibility index (Phi) is 6.83. The van der Waals surface area contributed by atoms with Crippen molar-refractivity contribution in [2.45, 2.75) is 19.8 Å². The van der Waals surface area contributed by atoms with Crippen molar-refractivity contribution in [2.75, 3.05) is 13.2 Å². The number of unbranched alkanes of at least 4 members (excludes halogenated alkanes) is 1. The van der Waals surface area contributed by atoms with Gasteiger partial charge in [-0.1, -0.05) is 0 Å². The van der Waals surface area contributed by atoms with Crippen LogP contribution in [0.25, 0.3) is 0 Å². The molecule has 1 aromatic rings. The van der Waals surface area contributed by atoms with E-state index >= 15 is 0 Å². The molecule has 15 heavy (non-hydrogen) atoms.